The Morgan fingerprint density at radius 2 is 0.389 bits per heavy atom. The van der Waals surface area contributed by atoms with Gasteiger partial charge in [-0.25, -0.2) is 0 Å². The third-order valence-corrected chi connectivity index (χ3v) is 1.54. The first kappa shape index (κ1) is 97.3. The summed E-state index contributed by atoms with van der Waals surface area (Å²) in [6, 6.07) is 21.9. The zero-order valence-electron chi connectivity index (χ0n) is 25.0. The first-order valence-corrected chi connectivity index (χ1v) is 9.24. The Bertz CT molecular complexity index is 813. The molecule has 0 aliphatic carbocycles. The van der Waals surface area contributed by atoms with Crippen molar-refractivity contribution in [3.63, 3.8) is 0 Å². The maximum Gasteiger partial charge on any atom is 4.00 e. The van der Waals surface area contributed by atoms with E-state index in [1.807, 2.05) is 0 Å². The van der Waals surface area contributed by atoms with Crippen LogP contribution in [0.1, 0.15) is 0 Å². The van der Waals surface area contributed by atoms with E-state index < -0.39 is 0 Å². The molecular formula is C24H18Fe4N2O24. The smallest absolute Gasteiger partial charge is 0.665 e. The number of aliphatic hydroxyl groups excluding tert-OH is 12. The van der Waals surface area contributed by atoms with Crippen LogP contribution >= 0.6 is 0 Å². The summed E-state index contributed by atoms with van der Waals surface area (Å²) in [5, 5.41) is 89.2. The predicted octanol–water partition coefficient (Wildman–Crippen LogP) is -1.37. The molecule has 0 saturated heterocycles. The molecule has 26 nitrogen and oxygen atoms in total. The maximum absolute atomic E-state index is 8.24. The third kappa shape index (κ3) is 421. The summed E-state index contributed by atoms with van der Waals surface area (Å²) in [5.41, 5.74) is 1.47. The van der Waals surface area contributed by atoms with E-state index in [1.165, 1.54) is 0 Å². The molecule has 2 aromatic carbocycles. The standard InChI is InChI=1S/C12H6N2.12CHO2.4Fe/c1-3-7-11(8-4-1)13-14-12-9-5-2-6-10-12;12*2-1-3;;;;/h1-2,7-10H;12*(H,2,3);;;;/q-4;12*-1;4*+4. The fraction of sp³-hybridized carbons (Fsp3) is 0. The van der Waals surface area contributed by atoms with Gasteiger partial charge in [0.1, 0.15) is 0 Å². The Morgan fingerprint density at radius 3 is 0.481 bits per heavy atom. The van der Waals surface area contributed by atoms with Crippen LogP contribution in [-0.4, -0.2) is 139 Å². The van der Waals surface area contributed by atoms with Crippen molar-refractivity contribution >= 4 is 89.0 Å². The Kier molecular flexibility index (Phi) is 313. The Morgan fingerprint density at radius 1 is 0.296 bits per heavy atom. The van der Waals surface area contributed by atoms with Gasteiger partial charge >= 0.3 is 68.3 Å². The fourth-order valence-electron chi connectivity index (χ4n) is 0.919. The Hall–Kier alpha value is -6.24. The molecular weight excluding hydrogens is 924 g/mol. The number of benzene rings is 2. The molecule has 0 aliphatic heterocycles. The normalized spacial score (nSPS) is 5.41. The van der Waals surface area contributed by atoms with Gasteiger partial charge in [0.2, 0.25) is 0 Å². The average molecular weight is 942 g/mol. The summed E-state index contributed by atoms with van der Waals surface area (Å²) in [6.07, 6.45) is 0. The van der Waals surface area contributed by atoms with E-state index in [2.05, 4.69) is 34.5 Å². The van der Waals surface area contributed by atoms with E-state index >= 15 is 0 Å². The van der Waals surface area contributed by atoms with Gasteiger partial charge in [0.15, 0.2) is 0 Å². The van der Waals surface area contributed by atoms with Crippen LogP contribution in [0, 0.1) is 24.3 Å². The number of rotatable bonds is 2. The maximum atomic E-state index is 8.24. The molecule has 0 aromatic heterocycles. The number of hydrogen-bond donors (Lipinski definition) is 12. The first-order chi connectivity index (χ1) is 23.9. The summed E-state index contributed by atoms with van der Waals surface area (Å²) < 4.78 is 0. The molecule has 2 aromatic rings. The van der Waals surface area contributed by atoms with E-state index in [-0.39, 0.29) is 68.3 Å². The molecule has 0 bridgehead atoms. The number of hydrogen-bond acceptors (Lipinski definition) is 14. The summed E-state index contributed by atoms with van der Waals surface area (Å²) >= 11 is 0. The van der Waals surface area contributed by atoms with Gasteiger partial charge < -0.3 is 165 Å². The molecule has 0 unspecified atom stereocenters. The van der Waals surface area contributed by atoms with E-state index in [4.69, 9.17) is 119 Å². The summed E-state index contributed by atoms with van der Waals surface area (Å²) in [5.74, 6) is 0. The van der Waals surface area contributed by atoms with Gasteiger partial charge in [0.05, 0.1) is 0 Å². The molecule has 0 saturated carbocycles. The molecule has 12 N–H and O–H groups in total. The predicted molar refractivity (Wildman–Crippen MR) is 152 cm³/mol. The van der Waals surface area contributed by atoms with Crippen molar-refractivity contribution in [1.82, 2.24) is 0 Å². The minimum Gasteiger partial charge on any atom is -0.665 e. The van der Waals surface area contributed by atoms with Gasteiger partial charge in [-0.1, -0.05) is 77.7 Å². The van der Waals surface area contributed by atoms with Crippen molar-refractivity contribution in [2.75, 3.05) is 0 Å². The van der Waals surface area contributed by atoms with Gasteiger partial charge in [-0.2, -0.15) is 0 Å². The van der Waals surface area contributed by atoms with Crippen LogP contribution in [0.4, 0.5) is 11.4 Å². The van der Waals surface area contributed by atoms with Crippen LogP contribution in [-0.2, 0) is 126 Å². The van der Waals surface area contributed by atoms with Crippen molar-refractivity contribution in [2.24, 2.45) is 10.2 Å². The van der Waals surface area contributed by atoms with Gasteiger partial charge in [-0.3, -0.25) is 24.3 Å². The second-order valence-electron chi connectivity index (χ2n) is 3.68. The summed E-state index contributed by atoms with van der Waals surface area (Å²) in [7, 11) is 0. The Balaban J connectivity index is -0.0000000254. The zero-order chi connectivity index (χ0) is 42.1. The minimum absolute atomic E-state index is 0. The van der Waals surface area contributed by atoms with Crippen molar-refractivity contribution in [3.05, 3.63) is 60.7 Å². The molecule has 30 heteroatoms. The van der Waals surface area contributed by atoms with Crippen molar-refractivity contribution < 1.29 is 187 Å². The third-order valence-electron chi connectivity index (χ3n) is 1.54. The van der Waals surface area contributed by atoms with E-state index in [0.717, 1.165) is 11.4 Å². The minimum atomic E-state index is 0. The molecule has 0 amide bonds. The van der Waals surface area contributed by atoms with Crippen molar-refractivity contribution in [1.29, 1.82) is 0 Å². The van der Waals surface area contributed by atoms with Gasteiger partial charge in [-0.05, 0) is 0 Å². The molecule has 300 valence electrons. The SMILES string of the molecule is O=[C-]O.O=[C-]O.O=[C-]O.O=[C-]O.O=[C-]O.O=[C-]O.O=[C-]O.O=[C-]O.O=[C-]O.O=[C-]O.O=[C-]O.O=[C-]O.[Fe+4].[Fe+4].[Fe+4].[Fe+4].[c-]1c[c-]cc(N=Nc2c[c-]c[c-]c2)c1. The Labute approximate surface area is 345 Å². The number of azo groups is 1. The first-order valence-electron chi connectivity index (χ1n) is 9.24. The van der Waals surface area contributed by atoms with Crippen LogP contribution in [0.25, 0.3) is 0 Å². The van der Waals surface area contributed by atoms with Gasteiger partial charge in [-0.15, -0.1) is 11.4 Å². The molecule has 0 heterocycles. The topological polar surface area (TPSA) is 472 Å². The second-order valence-corrected chi connectivity index (χ2v) is 3.68. The summed E-state index contributed by atoms with van der Waals surface area (Å²) in [6.45, 7) is 6.00. The van der Waals surface area contributed by atoms with E-state index in [0.29, 0.717) is 77.7 Å². The van der Waals surface area contributed by atoms with Crippen LogP contribution in [0.2, 0.25) is 0 Å². The average Bonchev–Trinajstić information content (AvgIpc) is 3.06. The number of nitrogens with zero attached hydrogens (tertiary/aromatic N) is 2. The molecule has 0 spiro atoms. The molecule has 0 aliphatic rings. The van der Waals surface area contributed by atoms with Crippen molar-refractivity contribution in [3.8, 4) is 0 Å². The molecule has 54 heavy (non-hydrogen) atoms. The van der Waals surface area contributed by atoms with Gasteiger partial charge in [0.25, 0.3) is 0 Å². The van der Waals surface area contributed by atoms with Gasteiger partial charge in [0, 0.05) is 0 Å². The molecule has 0 radical (unpaired) electrons. The van der Waals surface area contributed by atoms with Crippen LogP contribution in [0.15, 0.2) is 46.6 Å². The quantitative estimate of drug-likeness (QED) is 0.0939. The molecule has 0 fully saturated rings. The van der Waals surface area contributed by atoms with Crippen molar-refractivity contribution in [2.45, 2.75) is 0 Å². The van der Waals surface area contributed by atoms with E-state index in [9.17, 15) is 0 Å². The molecule has 0 atom stereocenters. The molecule has 2 rings (SSSR count). The van der Waals surface area contributed by atoms with Crippen LogP contribution in [0.5, 0.6) is 0 Å². The fourth-order valence-corrected chi connectivity index (χ4v) is 0.919. The van der Waals surface area contributed by atoms with Crippen LogP contribution in [0.3, 0.4) is 0 Å². The summed E-state index contributed by atoms with van der Waals surface area (Å²) in [4.78, 5) is 98.8. The van der Waals surface area contributed by atoms with Crippen LogP contribution < -0.4 is 0 Å². The second kappa shape index (κ2) is 173. The van der Waals surface area contributed by atoms with E-state index in [1.54, 1.807) is 36.4 Å². The largest absolute Gasteiger partial charge is 4.00 e. The monoisotopic (exact) mass is 942 g/mol. The zero-order valence-corrected chi connectivity index (χ0v) is 29.5.